The molecule has 2 rings (SSSR count). The highest BCUT2D eigenvalue weighted by atomic mass is 15.1. The normalized spacial score (nSPS) is 16.9. The first kappa shape index (κ1) is 15.7. The monoisotopic (exact) mass is 287 g/mol. The number of nitriles is 1. The zero-order valence-electron chi connectivity index (χ0n) is 13.0. The van der Waals surface area contributed by atoms with E-state index in [1.165, 1.54) is 25.7 Å². The summed E-state index contributed by atoms with van der Waals surface area (Å²) < 4.78 is 0. The number of piperidine rings is 1. The summed E-state index contributed by atoms with van der Waals surface area (Å²) in [6, 6.07) is 2.54. The molecule has 0 bridgehead atoms. The molecule has 1 N–H and O–H groups in total. The lowest BCUT2D eigenvalue weighted by molar-refractivity contribution is 0.212. The van der Waals surface area contributed by atoms with E-state index in [1.54, 1.807) is 6.20 Å². The molecule has 21 heavy (non-hydrogen) atoms. The number of likely N-dealkylation sites (tertiary alicyclic amines) is 1. The van der Waals surface area contributed by atoms with Crippen LogP contribution in [0, 0.1) is 17.2 Å². The van der Waals surface area contributed by atoms with E-state index >= 15 is 0 Å². The molecule has 1 aliphatic heterocycles. The number of anilines is 1. The van der Waals surface area contributed by atoms with Gasteiger partial charge >= 0.3 is 0 Å². The van der Waals surface area contributed by atoms with Crippen molar-refractivity contribution in [3.05, 3.63) is 18.1 Å². The third-order valence-electron chi connectivity index (χ3n) is 4.02. The molecular weight excluding hydrogens is 262 g/mol. The predicted octanol–water partition coefficient (Wildman–Crippen LogP) is 2.66. The average molecular weight is 287 g/mol. The summed E-state index contributed by atoms with van der Waals surface area (Å²) in [5.41, 5.74) is 0.525. The number of rotatable bonds is 6. The highest BCUT2D eigenvalue weighted by Gasteiger charge is 2.19. The van der Waals surface area contributed by atoms with Gasteiger partial charge in [-0.15, -0.1) is 0 Å². The van der Waals surface area contributed by atoms with Gasteiger partial charge < -0.3 is 10.2 Å². The Kier molecular flexibility index (Phi) is 5.94. The third kappa shape index (κ3) is 4.98. The lowest BCUT2D eigenvalue weighted by Gasteiger charge is -2.32. The van der Waals surface area contributed by atoms with Crippen LogP contribution in [-0.4, -0.2) is 40.5 Å². The van der Waals surface area contributed by atoms with Gasteiger partial charge in [-0.3, -0.25) is 0 Å². The molecule has 2 heterocycles. The van der Waals surface area contributed by atoms with Crippen LogP contribution in [-0.2, 0) is 0 Å². The second kappa shape index (κ2) is 7.94. The number of hydrogen-bond donors (Lipinski definition) is 1. The van der Waals surface area contributed by atoms with Gasteiger partial charge in [0.25, 0.3) is 0 Å². The Labute approximate surface area is 127 Å². The average Bonchev–Trinajstić information content (AvgIpc) is 2.49. The van der Waals surface area contributed by atoms with Gasteiger partial charge in [-0.05, 0) is 38.1 Å². The zero-order chi connectivity index (χ0) is 15.1. The molecule has 0 aromatic carbocycles. The molecule has 5 nitrogen and oxygen atoms in total. The van der Waals surface area contributed by atoms with Crippen molar-refractivity contribution in [2.75, 3.05) is 25.0 Å². The predicted molar refractivity (Wildman–Crippen MR) is 83.9 cm³/mol. The Morgan fingerprint density at radius 2 is 2.19 bits per heavy atom. The van der Waals surface area contributed by atoms with E-state index in [0.29, 0.717) is 17.4 Å². The van der Waals surface area contributed by atoms with Gasteiger partial charge in [-0.25, -0.2) is 9.97 Å². The summed E-state index contributed by atoms with van der Waals surface area (Å²) >= 11 is 0. The first-order valence-corrected chi connectivity index (χ1v) is 7.88. The van der Waals surface area contributed by atoms with Crippen molar-refractivity contribution in [1.29, 1.82) is 5.26 Å². The van der Waals surface area contributed by atoms with Crippen molar-refractivity contribution < 1.29 is 0 Å². The summed E-state index contributed by atoms with van der Waals surface area (Å²) in [5.74, 6) is 1.47. The first-order valence-electron chi connectivity index (χ1n) is 7.88. The van der Waals surface area contributed by atoms with Crippen molar-refractivity contribution in [2.45, 2.75) is 45.6 Å². The molecule has 0 radical (unpaired) electrons. The van der Waals surface area contributed by atoms with Crippen LogP contribution >= 0.6 is 0 Å². The summed E-state index contributed by atoms with van der Waals surface area (Å²) in [4.78, 5) is 10.6. The van der Waals surface area contributed by atoms with Crippen LogP contribution in [0.3, 0.4) is 0 Å². The van der Waals surface area contributed by atoms with E-state index in [9.17, 15) is 0 Å². The Morgan fingerprint density at radius 3 is 2.86 bits per heavy atom. The first-order chi connectivity index (χ1) is 10.2. The fourth-order valence-corrected chi connectivity index (χ4v) is 2.74. The Hall–Kier alpha value is -1.67. The van der Waals surface area contributed by atoms with Gasteiger partial charge in [0.05, 0.1) is 6.20 Å². The van der Waals surface area contributed by atoms with E-state index in [4.69, 9.17) is 5.26 Å². The maximum atomic E-state index is 9.05. The summed E-state index contributed by atoms with van der Waals surface area (Å²) in [7, 11) is 0. The Bertz CT molecular complexity index is 472. The topological polar surface area (TPSA) is 64.8 Å². The summed E-state index contributed by atoms with van der Waals surface area (Å²) in [5, 5.41) is 12.4. The Balaban J connectivity index is 1.75. The van der Waals surface area contributed by atoms with Crippen molar-refractivity contribution in [3.63, 3.8) is 0 Å². The lowest BCUT2D eigenvalue weighted by atomic mass is 10.0. The molecule has 1 fully saturated rings. The molecule has 0 saturated carbocycles. The minimum atomic E-state index is 0.411. The smallest absolute Gasteiger partial charge is 0.147 e. The van der Waals surface area contributed by atoms with Crippen LogP contribution in [0.5, 0.6) is 0 Å². The second-order valence-electron chi connectivity index (χ2n) is 6.19. The van der Waals surface area contributed by atoms with E-state index in [2.05, 4.69) is 40.1 Å². The molecule has 1 aromatic heterocycles. The largest absolute Gasteiger partial charge is 0.366 e. The van der Waals surface area contributed by atoms with Crippen LogP contribution in [0.2, 0.25) is 0 Å². The summed E-state index contributed by atoms with van der Waals surface area (Å²) in [6.07, 6.45) is 7.87. The number of nitrogens with one attached hydrogen (secondary N) is 1. The maximum absolute atomic E-state index is 9.05. The molecule has 0 spiro atoms. The quantitative estimate of drug-likeness (QED) is 0.871. The third-order valence-corrected chi connectivity index (χ3v) is 4.02. The van der Waals surface area contributed by atoms with Crippen molar-refractivity contribution in [3.8, 4) is 6.07 Å². The Morgan fingerprint density at radius 1 is 1.43 bits per heavy atom. The fraction of sp³-hybridized carbons (Fsp3) is 0.688. The van der Waals surface area contributed by atoms with Crippen LogP contribution in [0.15, 0.2) is 12.5 Å². The van der Waals surface area contributed by atoms with Crippen LogP contribution in [0.4, 0.5) is 5.82 Å². The van der Waals surface area contributed by atoms with Gasteiger partial charge in [0.2, 0.25) is 0 Å². The van der Waals surface area contributed by atoms with Gasteiger partial charge in [-0.1, -0.05) is 13.8 Å². The minimum Gasteiger partial charge on any atom is -0.366 e. The molecule has 0 amide bonds. The molecule has 1 aliphatic rings. The molecular formula is C16H25N5. The van der Waals surface area contributed by atoms with Crippen molar-refractivity contribution in [2.24, 2.45) is 5.92 Å². The van der Waals surface area contributed by atoms with Crippen LogP contribution in [0.25, 0.3) is 0 Å². The second-order valence-corrected chi connectivity index (χ2v) is 6.19. The van der Waals surface area contributed by atoms with E-state index < -0.39 is 0 Å². The van der Waals surface area contributed by atoms with Gasteiger partial charge in [-0.2, -0.15) is 5.26 Å². The highest BCUT2D eigenvalue weighted by Crippen LogP contribution is 2.17. The molecule has 0 unspecified atom stereocenters. The lowest BCUT2D eigenvalue weighted by Crippen LogP contribution is -2.39. The SMILES string of the molecule is CC(C)CCCN1CCC(Nc2ncncc2C#N)CC1. The van der Waals surface area contributed by atoms with Crippen molar-refractivity contribution in [1.82, 2.24) is 14.9 Å². The molecule has 1 aromatic rings. The van der Waals surface area contributed by atoms with Crippen LogP contribution < -0.4 is 5.32 Å². The van der Waals surface area contributed by atoms with Crippen LogP contribution in [0.1, 0.15) is 45.1 Å². The molecule has 0 atom stereocenters. The highest BCUT2D eigenvalue weighted by molar-refractivity contribution is 5.50. The molecule has 114 valence electrons. The van der Waals surface area contributed by atoms with E-state index in [-0.39, 0.29) is 0 Å². The van der Waals surface area contributed by atoms with E-state index in [0.717, 1.165) is 31.8 Å². The molecule has 0 aliphatic carbocycles. The van der Waals surface area contributed by atoms with Gasteiger partial charge in [0, 0.05) is 19.1 Å². The van der Waals surface area contributed by atoms with Crippen molar-refractivity contribution >= 4 is 5.82 Å². The zero-order valence-corrected chi connectivity index (χ0v) is 13.0. The molecule has 1 saturated heterocycles. The maximum Gasteiger partial charge on any atom is 0.147 e. The van der Waals surface area contributed by atoms with Gasteiger partial charge in [0.1, 0.15) is 23.8 Å². The summed E-state index contributed by atoms with van der Waals surface area (Å²) in [6.45, 7) is 8.03. The molecule has 5 heteroatoms. The fourth-order valence-electron chi connectivity index (χ4n) is 2.74. The number of hydrogen-bond acceptors (Lipinski definition) is 5. The van der Waals surface area contributed by atoms with Gasteiger partial charge in [0.15, 0.2) is 0 Å². The minimum absolute atomic E-state index is 0.411. The standard InChI is InChI=1S/C16H25N5/c1-13(2)4-3-7-21-8-5-15(6-9-21)20-16-14(10-17)11-18-12-19-16/h11-13,15H,3-9H2,1-2H3,(H,18,19,20). The van der Waals surface area contributed by atoms with E-state index in [1.807, 2.05) is 0 Å². The number of aromatic nitrogens is 2. The number of nitrogens with zero attached hydrogens (tertiary/aromatic N) is 4.